The molecule has 0 aliphatic rings. The third-order valence-electron chi connectivity index (χ3n) is 3.57. The summed E-state index contributed by atoms with van der Waals surface area (Å²) in [6.45, 7) is 3.67. The molecule has 7 nitrogen and oxygen atoms in total. The third kappa shape index (κ3) is 2.81. The Labute approximate surface area is 142 Å². The van der Waals surface area contributed by atoms with Crippen molar-refractivity contribution >= 4 is 34.5 Å². The number of hydrogen-bond acceptors (Lipinski definition) is 4. The highest BCUT2D eigenvalue weighted by atomic mass is 35.5. The number of anilines is 1. The minimum absolute atomic E-state index is 0.0974. The predicted octanol–water partition coefficient (Wildman–Crippen LogP) is 3.77. The molecule has 0 aliphatic heterocycles. The lowest BCUT2D eigenvalue weighted by Gasteiger charge is -2.08. The van der Waals surface area contributed by atoms with E-state index in [-0.39, 0.29) is 16.6 Å². The zero-order valence-corrected chi connectivity index (χ0v) is 13.7. The molecule has 1 N–H and O–H groups in total. The van der Waals surface area contributed by atoms with Crippen molar-refractivity contribution in [1.82, 2.24) is 9.38 Å². The van der Waals surface area contributed by atoms with Gasteiger partial charge in [-0.25, -0.2) is 4.98 Å². The monoisotopic (exact) mass is 344 g/mol. The number of nitro benzene ring substituents is 1. The molecule has 122 valence electrons. The maximum atomic E-state index is 12.6. The maximum Gasteiger partial charge on any atom is 0.274 e. The van der Waals surface area contributed by atoms with E-state index in [9.17, 15) is 14.9 Å². The molecule has 2 heterocycles. The second kappa shape index (κ2) is 5.93. The lowest BCUT2D eigenvalue weighted by Crippen LogP contribution is -2.16. The van der Waals surface area contributed by atoms with Crippen molar-refractivity contribution < 1.29 is 9.72 Å². The molecule has 0 fully saturated rings. The zero-order chi connectivity index (χ0) is 17.4. The van der Waals surface area contributed by atoms with Crippen molar-refractivity contribution in [3.63, 3.8) is 0 Å². The summed E-state index contributed by atoms with van der Waals surface area (Å²) >= 11 is 6.02. The number of fused-ring (bicyclic) bond motifs is 1. The van der Waals surface area contributed by atoms with Gasteiger partial charge in [0.1, 0.15) is 11.3 Å². The molecule has 0 unspecified atom stereocenters. The van der Waals surface area contributed by atoms with Gasteiger partial charge in [-0.1, -0.05) is 17.7 Å². The van der Waals surface area contributed by atoms with Crippen molar-refractivity contribution in [3.05, 3.63) is 68.6 Å². The second-order valence-corrected chi connectivity index (χ2v) is 5.76. The van der Waals surface area contributed by atoms with Crippen LogP contribution in [0.1, 0.15) is 21.7 Å². The molecular weight excluding hydrogens is 332 g/mol. The second-order valence-electron chi connectivity index (χ2n) is 5.36. The molecule has 0 radical (unpaired) electrons. The molecule has 3 rings (SSSR count). The minimum Gasteiger partial charge on any atom is -0.319 e. The van der Waals surface area contributed by atoms with Crippen LogP contribution in [0, 0.1) is 24.0 Å². The maximum absolute atomic E-state index is 12.6. The van der Waals surface area contributed by atoms with Crippen LogP contribution in [0.25, 0.3) is 5.65 Å². The first-order valence-electron chi connectivity index (χ1n) is 7.07. The van der Waals surface area contributed by atoms with Crippen molar-refractivity contribution in [3.8, 4) is 0 Å². The van der Waals surface area contributed by atoms with Gasteiger partial charge in [0, 0.05) is 18.3 Å². The highest BCUT2D eigenvalue weighted by Gasteiger charge is 2.18. The Kier molecular flexibility index (Phi) is 3.94. The largest absolute Gasteiger partial charge is 0.319 e. The van der Waals surface area contributed by atoms with E-state index < -0.39 is 4.92 Å². The zero-order valence-electron chi connectivity index (χ0n) is 12.9. The summed E-state index contributed by atoms with van der Waals surface area (Å²) in [7, 11) is 0. The van der Waals surface area contributed by atoms with Gasteiger partial charge in [-0.05, 0) is 31.5 Å². The SMILES string of the molecule is Cc1ccc2nc(C)c(C(=O)Nc3ccc([N+](=O)[O-])cc3Cl)n2c1. The Morgan fingerprint density at radius 3 is 2.71 bits per heavy atom. The highest BCUT2D eigenvalue weighted by Crippen LogP contribution is 2.27. The molecular formula is C16H13ClN4O3. The number of non-ortho nitro benzene ring substituents is 1. The van der Waals surface area contributed by atoms with E-state index in [4.69, 9.17) is 11.6 Å². The first-order chi connectivity index (χ1) is 11.4. The van der Waals surface area contributed by atoms with Crippen LogP contribution in [0.5, 0.6) is 0 Å². The van der Waals surface area contributed by atoms with Gasteiger partial charge in [-0.3, -0.25) is 19.3 Å². The first kappa shape index (κ1) is 15.9. The number of aryl methyl sites for hydroxylation is 2. The molecule has 1 amide bonds. The number of imidazole rings is 1. The summed E-state index contributed by atoms with van der Waals surface area (Å²) in [5.41, 5.74) is 2.79. The van der Waals surface area contributed by atoms with Gasteiger partial charge in [0.2, 0.25) is 0 Å². The lowest BCUT2D eigenvalue weighted by molar-refractivity contribution is -0.384. The van der Waals surface area contributed by atoms with E-state index in [1.165, 1.54) is 18.2 Å². The normalized spacial score (nSPS) is 10.8. The molecule has 0 atom stereocenters. The number of nitrogens with one attached hydrogen (secondary N) is 1. The molecule has 0 bridgehead atoms. The lowest BCUT2D eigenvalue weighted by atomic mass is 10.2. The Morgan fingerprint density at radius 1 is 1.29 bits per heavy atom. The van der Waals surface area contributed by atoms with Gasteiger partial charge in [0.15, 0.2) is 0 Å². The van der Waals surface area contributed by atoms with Crippen LogP contribution in [0.3, 0.4) is 0 Å². The Morgan fingerprint density at radius 2 is 2.04 bits per heavy atom. The fourth-order valence-electron chi connectivity index (χ4n) is 2.44. The van der Waals surface area contributed by atoms with Gasteiger partial charge >= 0.3 is 0 Å². The van der Waals surface area contributed by atoms with Crippen LogP contribution in [0.4, 0.5) is 11.4 Å². The van der Waals surface area contributed by atoms with Crippen LogP contribution < -0.4 is 5.32 Å². The fourth-order valence-corrected chi connectivity index (χ4v) is 2.66. The van der Waals surface area contributed by atoms with E-state index in [0.717, 1.165) is 5.56 Å². The number of nitro groups is 1. The standard InChI is InChI=1S/C16H13ClN4O3/c1-9-3-6-14-18-10(2)15(20(14)8-9)16(22)19-13-5-4-11(21(23)24)7-12(13)17/h3-8H,1-2H3,(H,19,22). The number of pyridine rings is 1. The number of carbonyl (C=O) groups is 1. The molecule has 3 aromatic rings. The molecule has 1 aromatic carbocycles. The Bertz CT molecular complexity index is 981. The van der Waals surface area contributed by atoms with Gasteiger partial charge < -0.3 is 5.32 Å². The molecule has 0 spiro atoms. The smallest absolute Gasteiger partial charge is 0.274 e. The fraction of sp³-hybridized carbons (Fsp3) is 0.125. The van der Waals surface area contributed by atoms with Gasteiger partial charge in [0.05, 0.1) is 21.3 Å². The summed E-state index contributed by atoms with van der Waals surface area (Å²) in [4.78, 5) is 27.2. The number of benzene rings is 1. The summed E-state index contributed by atoms with van der Waals surface area (Å²) in [5, 5.41) is 13.5. The molecule has 0 saturated heterocycles. The quantitative estimate of drug-likeness (QED) is 0.578. The van der Waals surface area contributed by atoms with E-state index in [1.54, 1.807) is 11.3 Å². The summed E-state index contributed by atoms with van der Waals surface area (Å²) in [5.74, 6) is -0.388. The van der Waals surface area contributed by atoms with Crippen molar-refractivity contribution in [2.75, 3.05) is 5.32 Å². The average molecular weight is 345 g/mol. The molecule has 0 aliphatic carbocycles. The van der Waals surface area contributed by atoms with Gasteiger partial charge in [-0.15, -0.1) is 0 Å². The third-order valence-corrected chi connectivity index (χ3v) is 3.88. The number of nitrogens with zero attached hydrogens (tertiary/aromatic N) is 3. The Balaban J connectivity index is 1.97. The van der Waals surface area contributed by atoms with Crippen LogP contribution in [-0.4, -0.2) is 20.2 Å². The van der Waals surface area contributed by atoms with E-state index in [1.807, 2.05) is 25.3 Å². The van der Waals surface area contributed by atoms with Crippen LogP contribution >= 0.6 is 11.6 Å². The van der Waals surface area contributed by atoms with Crippen molar-refractivity contribution in [2.45, 2.75) is 13.8 Å². The van der Waals surface area contributed by atoms with Crippen molar-refractivity contribution in [1.29, 1.82) is 0 Å². The van der Waals surface area contributed by atoms with Crippen LogP contribution in [0.15, 0.2) is 36.5 Å². The Hall–Kier alpha value is -2.93. The van der Waals surface area contributed by atoms with Crippen molar-refractivity contribution in [2.24, 2.45) is 0 Å². The first-order valence-corrected chi connectivity index (χ1v) is 7.45. The topological polar surface area (TPSA) is 89.5 Å². The molecule has 24 heavy (non-hydrogen) atoms. The van der Waals surface area contributed by atoms with Crippen LogP contribution in [0.2, 0.25) is 5.02 Å². The molecule has 8 heteroatoms. The average Bonchev–Trinajstić information content (AvgIpc) is 2.84. The van der Waals surface area contributed by atoms with E-state index >= 15 is 0 Å². The van der Waals surface area contributed by atoms with E-state index in [0.29, 0.717) is 22.7 Å². The molecule has 0 saturated carbocycles. The minimum atomic E-state index is -0.547. The number of carbonyl (C=O) groups excluding carboxylic acids is 1. The molecule has 2 aromatic heterocycles. The number of rotatable bonds is 3. The summed E-state index contributed by atoms with van der Waals surface area (Å²) in [6, 6.07) is 7.63. The van der Waals surface area contributed by atoms with E-state index in [2.05, 4.69) is 10.3 Å². The summed E-state index contributed by atoms with van der Waals surface area (Å²) in [6.07, 6.45) is 1.82. The number of halogens is 1. The number of aromatic nitrogens is 2. The predicted molar refractivity (Wildman–Crippen MR) is 90.7 cm³/mol. The number of hydrogen-bond donors (Lipinski definition) is 1. The highest BCUT2D eigenvalue weighted by molar-refractivity contribution is 6.34. The van der Waals surface area contributed by atoms with Gasteiger partial charge in [-0.2, -0.15) is 0 Å². The summed E-state index contributed by atoms with van der Waals surface area (Å²) < 4.78 is 1.71. The van der Waals surface area contributed by atoms with Crippen LogP contribution in [-0.2, 0) is 0 Å². The number of amides is 1. The van der Waals surface area contributed by atoms with Gasteiger partial charge in [0.25, 0.3) is 11.6 Å².